The van der Waals surface area contributed by atoms with Crippen LogP contribution in [-0.2, 0) is 11.2 Å². The van der Waals surface area contributed by atoms with Gasteiger partial charge in [-0.3, -0.25) is 9.78 Å². The fourth-order valence-electron chi connectivity index (χ4n) is 4.71. The van der Waals surface area contributed by atoms with Crippen LogP contribution in [0.15, 0.2) is 36.9 Å². The van der Waals surface area contributed by atoms with Crippen molar-refractivity contribution < 1.29 is 4.79 Å². The summed E-state index contributed by atoms with van der Waals surface area (Å²) in [5, 5.41) is 0. The summed E-state index contributed by atoms with van der Waals surface area (Å²) in [7, 11) is 0. The van der Waals surface area contributed by atoms with Crippen molar-refractivity contribution in [2.75, 3.05) is 31.1 Å². The van der Waals surface area contributed by atoms with Crippen molar-refractivity contribution >= 4 is 11.7 Å². The summed E-state index contributed by atoms with van der Waals surface area (Å²) in [5.41, 5.74) is 2.53. The number of likely N-dealkylation sites (tertiary alicyclic amines) is 1. The van der Waals surface area contributed by atoms with Crippen LogP contribution in [0.2, 0.25) is 0 Å². The van der Waals surface area contributed by atoms with Crippen molar-refractivity contribution in [1.29, 1.82) is 0 Å². The summed E-state index contributed by atoms with van der Waals surface area (Å²) in [6, 6.07) is 5.98. The summed E-state index contributed by atoms with van der Waals surface area (Å²) in [6.45, 7) is 8.04. The molecule has 0 saturated carbocycles. The van der Waals surface area contributed by atoms with Crippen molar-refractivity contribution in [2.24, 2.45) is 5.41 Å². The van der Waals surface area contributed by atoms with Gasteiger partial charge in [0, 0.05) is 62.7 Å². The molecule has 4 rings (SSSR count). The molecule has 0 unspecified atom stereocenters. The van der Waals surface area contributed by atoms with E-state index in [0.717, 1.165) is 63.4 Å². The molecule has 1 amide bonds. The van der Waals surface area contributed by atoms with Crippen LogP contribution >= 0.6 is 0 Å². The Labute approximate surface area is 173 Å². The Hall–Kier alpha value is -2.50. The third kappa shape index (κ3) is 4.41. The van der Waals surface area contributed by atoms with Gasteiger partial charge < -0.3 is 9.80 Å². The topological polar surface area (TPSA) is 62.2 Å². The Morgan fingerprint density at radius 2 is 1.97 bits per heavy atom. The molecule has 2 aliphatic heterocycles. The predicted octanol–water partition coefficient (Wildman–Crippen LogP) is 3.45. The van der Waals surface area contributed by atoms with E-state index in [1.165, 1.54) is 5.56 Å². The molecule has 2 fully saturated rings. The summed E-state index contributed by atoms with van der Waals surface area (Å²) in [6.07, 6.45) is 10.2. The lowest BCUT2D eigenvalue weighted by Gasteiger charge is -2.48. The minimum atomic E-state index is 0.250. The Balaban J connectivity index is 1.39. The summed E-state index contributed by atoms with van der Waals surface area (Å²) >= 11 is 0. The van der Waals surface area contributed by atoms with Crippen LogP contribution in [0, 0.1) is 5.41 Å². The van der Waals surface area contributed by atoms with Crippen LogP contribution in [0.25, 0.3) is 0 Å². The van der Waals surface area contributed by atoms with Gasteiger partial charge in [-0.05, 0) is 42.7 Å². The minimum absolute atomic E-state index is 0.250. The average Bonchev–Trinajstić information content (AvgIpc) is 2.76. The third-order valence-electron chi connectivity index (χ3n) is 6.58. The van der Waals surface area contributed by atoms with E-state index >= 15 is 0 Å². The Morgan fingerprint density at radius 3 is 2.69 bits per heavy atom. The first-order valence-corrected chi connectivity index (χ1v) is 10.8. The first kappa shape index (κ1) is 19.8. The molecule has 0 aromatic carbocycles. The largest absolute Gasteiger partial charge is 0.356 e. The highest BCUT2D eigenvalue weighted by molar-refractivity contribution is 5.77. The maximum Gasteiger partial charge on any atom is 0.222 e. The molecule has 1 spiro atoms. The van der Waals surface area contributed by atoms with E-state index in [9.17, 15) is 4.79 Å². The second-order valence-electron chi connectivity index (χ2n) is 8.83. The zero-order chi connectivity index (χ0) is 20.3. The summed E-state index contributed by atoms with van der Waals surface area (Å²) < 4.78 is 0. The average molecular weight is 394 g/mol. The van der Waals surface area contributed by atoms with Crippen LogP contribution in [0.5, 0.6) is 0 Å². The summed E-state index contributed by atoms with van der Waals surface area (Å²) in [4.78, 5) is 30.2. The highest BCUT2D eigenvalue weighted by Gasteiger charge is 2.41. The molecular weight excluding hydrogens is 362 g/mol. The van der Waals surface area contributed by atoms with Gasteiger partial charge in [0.05, 0.1) is 0 Å². The molecule has 0 bridgehead atoms. The van der Waals surface area contributed by atoms with Crippen LogP contribution < -0.4 is 4.90 Å². The van der Waals surface area contributed by atoms with Crippen LogP contribution in [0.3, 0.4) is 0 Å². The van der Waals surface area contributed by atoms with Crippen molar-refractivity contribution in [1.82, 2.24) is 19.9 Å². The quantitative estimate of drug-likeness (QED) is 0.779. The van der Waals surface area contributed by atoms with E-state index in [1.807, 2.05) is 30.6 Å². The monoisotopic (exact) mass is 393 g/mol. The van der Waals surface area contributed by atoms with E-state index < -0.39 is 0 Å². The lowest BCUT2D eigenvalue weighted by Crippen LogP contribution is -2.52. The molecule has 0 aliphatic carbocycles. The number of hydrogen-bond acceptors (Lipinski definition) is 5. The summed E-state index contributed by atoms with van der Waals surface area (Å²) in [5.74, 6) is 1.80. The molecular formula is C23H31N5O. The second-order valence-corrected chi connectivity index (χ2v) is 8.83. The Kier molecular flexibility index (Phi) is 5.79. The number of nitrogens with zero attached hydrogens (tertiary/aromatic N) is 5. The van der Waals surface area contributed by atoms with E-state index in [2.05, 4.69) is 38.6 Å². The number of piperidine rings is 2. The van der Waals surface area contributed by atoms with Crippen molar-refractivity contribution in [3.8, 4) is 0 Å². The van der Waals surface area contributed by atoms with Gasteiger partial charge in [0.1, 0.15) is 12.1 Å². The van der Waals surface area contributed by atoms with E-state index in [4.69, 9.17) is 0 Å². The standard InChI is InChI=1S/C23H31N5O/c1-18(2)20-15-24-17-26-22(20)27-13-9-23(10-14-27)8-6-21(29)28(16-23)12-7-19-5-3-4-11-25-19/h3-5,11,15,17-18H,6-10,12-14,16H2,1-2H3. The lowest BCUT2D eigenvalue weighted by atomic mass is 9.72. The maximum absolute atomic E-state index is 12.5. The molecule has 2 aromatic rings. The number of hydrogen-bond donors (Lipinski definition) is 0. The zero-order valence-electron chi connectivity index (χ0n) is 17.5. The fourth-order valence-corrected chi connectivity index (χ4v) is 4.71. The molecule has 6 heteroatoms. The SMILES string of the molecule is CC(C)c1cncnc1N1CCC2(CCC(=O)N(CCc3ccccn3)C2)CC1. The Bertz CT molecular complexity index is 830. The Morgan fingerprint density at radius 1 is 1.14 bits per heavy atom. The normalized spacial score (nSPS) is 19.2. The molecule has 2 aromatic heterocycles. The van der Waals surface area contributed by atoms with Gasteiger partial charge >= 0.3 is 0 Å². The van der Waals surface area contributed by atoms with E-state index in [-0.39, 0.29) is 5.41 Å². The van der Waals surface area contributed by atoms with Gasteiger partial charge in [0.15, 0.2) is 0 Å². The van der Waals surface area contributed by atoms with Gasteiger partial charge in [-0.1, -0.05) is 19.9 Å². The number of carbonyl (C=O) groups excluding carboxylic acids is 1. The first-order valence-electron chi connectivity index (χ1n) is 10.8. The molecule has 4 heterocycles. The van der Waals surface area contributed by atoms with Gasteiger partial charge in [-0.25, -0.2) is 9.97 Å². The van der Waals surface area contributed by atoms with Crippen LogP contribution in [-0.4, -0.2) is 51.9 Å². The van der Waals surface area contributed by atoms with E-state index in [0.29, 0.717) is 18.2 Å². The molecule has 2 saturated heterocycles. The number of anilines is 1. The number of aromatic nitrogens is 3. The second kappa shape index (κ2) is 8.47. The molecule has 2 aliphatic rings. The predicted molar refractivity (Wildman–Crippen MR) is 114 cm³/mol. The zero-order valence-corrected chi connectivity index (χ0v) is 17.5. The van der Waals surface area contributed by atoms with Gasteiger partial charge in [0.2, 0.25) is 5.91 Å². The highest BCUT2D eigenvalue weighted by atomic mass is 16.2. The first-order chi connectivity index (χ1) is 14.1. The maximum atomic E-state index is 12.5. The van der Waals surface area contributed by atoms with Gasteiger partial charge in [-0.2, -0.15) is 0 Å². The molecule has 0 atom stereocenters. The van der Waals surface area contributed by atoms with Crippen molar-refractivity contribution in [2.45, 2.75) is 51.9 Å². The minimum Gasteiger partial charge on any atom is -0.356 e. The van der Waals surface area contributed by atoms with Crippen LogP contribution in [0.4, 0.5) is 5.82 Å². The molecule has 6 nitrogen and oxygen atoms in total. The molecule has 29 heavy (non-hydrogen) atoms. The third-order valence-corrected chi connectivity index (χ3v) is 6.58. The fraction of sp³-hybridized carbons (Fsp3) is 0.565. The number of carbonyl (C=O) groups is 1. The lowest BCUT2D eigenvalue weighted by molar-refractivity contribution is -0.138. The van der Waals surface area contributed by atoms with Gasteiger partial charge in [0.25, 0.3) is 0 Å². The number of amides is 1. The van der Waals surface area contributed by atoms with Crippen LogP contribution in [0.1, 0.15) is 56.7 Å². The van der Waals surface area contributed by atoms with Crippen molar-refractivity contribution in [3.63, 3.8) is 0 Å². The smallest absolute Gasteiger partial charge is 0.222 e. The van der Waals surface area contributed by atoms with Crippen molar-refractivity contribution in [3.05, 3.63) is 48.2 Å². The number of rotatable bonds is 5. The van der Waals surface area contributed by atoms with Gasteiger partial charge in [-0.15, -0.1) is 0 Å². The van der Waals surface area contributed by atoms with E-state index in [1.54, 1.807) is 6.33 Å². The highest BCUT2D eigenvalue weighted by Crippen LogP contribution is 2.41. The molecule has 154 valence electrons. The molecule has 0 N–H and O–H groups in total. The number of pyridine rings is 1. The molecule has 0 radical (unpaired) electrons.